The van der Waals surface area contributed by atoms with Crippen LogP contribution < -0.4 is 0 Å². The summed E-state index contributed by atoms with van der Waals surface area (Å²) in [6.07, 6.45) is 1.77. The Hall–Kier alpha value is -1.68. The van der Waals surface area contributed by atoms with Gasteiger partial charge in [-0.3, -0.25) is 4.98 Å². The van der Waals surface area contributed by atoms with E-state index in [-0.39, 0.29) is 0 Å². The van der Waals surface area contributed by atoms with Gasteiger partial charge >= 0.3 is 0 Å². The van der Waals surface area contributed by atoms with E-state index in [1.807, 2.05) is 37.6 Å². The fourth-order valence-corrected chi connectivity index (χ4v) is 1.79. The van der Waals surface area contributed by atoms with Crippen LogP contribution in [0.25, 0.3) is 11.0 Å². The van der Waals surface area contributed by atoms with Crippen LogP contribution >= 0.6 is 11.3 Å². The number of benzene rings is 1. The molecule has 0 N–H and O–H groups in total. The molecule has 3 nitrogen and oxygen atoms in total. The second kappa shape index (κ2) is 4.90. The number of hydrogen-bond acceptors (Lipinski definition) is 3. The van der Waals surface area contributed by atoms with Crippen molar-refractivity contribution in [3.8, 4) is 0 Å². The fourth-order valence-electron chi connectivity index (χ4n) is 1.44. The lowest BCUT2D eigenvalue weighted by molar-refractivity contribution is 0.886. The molecule has 0 radical (unpaired) electrons. The molecule has 0 bridgehead atoms. The average molecular weight is 231 g/mol. The third kappa shape index (κ3) is 2.28. The predicted molar refractivity (Wildman–Crippen MR) is 67.6 cm³/mol. The number of imidazole rings is 1. The number of aromatic nitrogens is 3. The average Bonchev–Trinajstić information content (AvgIpc) is 2.93. The Balaban J connectivity index is 0.000000162. The van der Waals surface area contributed by atoms with Crippen LogP contribution in [0.15, 0.2) is 41.4 Å². The smallest absolute Gasteiger partial charge is 0.106 e. The van der Waals surface area contributed by atoms with E-state index >= 15 is 0 Å². The van der Waals surface area contributed by atoms with E-state index in [9.17, 15) is 0 Å². The number of hydrogen-bond donors (Lipinski definition) is 0. The molecule has 0 unspecified atom stereocenters. The van der Waals surface area contributed by atoms with E-state index in [1.165, 1.54) is 5.52 Å². The second-order valence-electron chi connectivity index (χ2n) is 3.38. The molecule has 3 rings (SSSR count). The van der Waals surface area contributed by atoms with Crippen molar-refractivity contribution in [1.29, 1.82) is 0 Å². The summed E-state index contributed by atoms with van der Waals surface area (Å²) in [4.78, 5) is 8.12. The molecule has 0 spiro atoms. The minimum absolute atomic E-state index is 1.06. The number of rotatable bonds is 0. The zero-order valence-corrected chi connectivity index (χ0v) is 10.1. The minimum atomic E-state index is 1.06. The van der Waals surface area contributed by atoms with Crippen molar-refractivity contribution in [3.63, 3.8) is 0 Å². The number of thiazole rings is 1. The van der Waals surface area contributed by atoms with Gasteiger partial charge in [0.25, 0.3) is 0 Å². The molecule has 4 heteroatoms. The first kappa shape index (κ1) is 10.8. The molecule has 2 aromatic heterocycles. The molecule has 82 valence electrons. The van der Waals surface area contributed by atoms with Crippen molar-refractivity contribution in [1.82, 2.24) is 14.5 Å². The van der Waals surface area contributed by atoms with Gasteiger partial charge in [-0.15, -0.1) is 11.3 Å². The molecule has 0 aliphatic carbocycles. The van der Waals surface area contributed by atoms with Crippen molar-refractivity contribution in [2.75, 3.05) is 0 Å². The zero-order valence-electron chi connectivity index (χ0n) is 9.29. The first-order valence-electron chi connectivity index (χ1n) is 4.99. The van der Waals surface area contributed by atoms with Gasteiger partial charge in [-0.1, -0.05) is 12.1 Å². The first-order chi connectivity index (χ1) is 7.79. The molecule has 0 atom stereocenters. The molecular weight excluding hydrogens is 218 g/mol. The minimum Gasteiger partial charge on any atom is -0.331 e. The third-order valence-corrected chi connectivity index (χ3v) is 2.88. The Kier molecular flexibility index (Phi) is 3.31. The van der Waals surface area contributed by atoms with Crippen LogP contribution in [0.4, 0.5) is 0 Å². The summed E-state index contributed by atoms with van der Waals surface area (Å²) in [7, 11) is 2.03. The van der Waals surface area contributed by atoms with E-state index in [1.54, 1.807) is 23.0 Å². The summed E-state index contributed by atoms with van der Waals surface area (Å²) in [6.45, 7) is 2.01. The van der Waals surface area contributed by atoms with Crippen LogP contribution in [0.3, 0.4) is 0 Å². The molecule has 0 amide bonds. The van der Waals surface area contributed by atoms with Crippen molar-refractivity contribution in [2.45, 2.75) is 6.92 Å². The van der Waals surface area contributed by atoms with Crippen LogP contribution in [-0.2, 0) is 7.05 Å². The zero-order chi connectivity index (χ0) is 11.4. The van der Waals surface area contributed by atoms with E-state index in [0.29, 0.717) is 0 Å². The van der Waals surface area contributed by atoms with E-state index in [2.05, 4.69) is 20.6 Å². The first-order valence-corrected chi connectivity index (χ1v) is 5.93. The summed E-state index contributed by atoms with van der Waals surface area (Å²) in [5, 5.41) is 1.93. The normalized spacial score (nSPS) is 9.88. The highest BCUT2D eigenvalue weighted by atomic mass is 32.1. The van der Waals surface area contributed by atoms with Gasteiger partial charge in [0.1, 0.15) is 5.82 Å². The molecule has 1 aromatic carbocycles. The molecular formula is C12H13N3S. The fraction of sp³-hybridized carbons (Fsp3) is 0.167. The predicted octanol–water partition coefficient (Wildman–Crippen LogP) is 3.02. The Morgan fingerprint density at radius 3 is 2.62 bits per heavy atom. The number of aryl methyl sites for hydroxylation is 2. The molecule has 0 aliphatic rings. The van der Waals surface area contributed by atoms with Gasteiger partial charge in [-0.2, -0.15) is 0 Å². The Labute approximate surface area is 98.4 Å². The van der Waals surface area contributed by atoms with Crippen LogP contribution in [0.1, 0.15) is 5.82 Å². The Morgan fingerprint density at radius 1 is 1.25 bits per heavy atom. The lowest BCUT2D eigenvalue weighted by Gasteiger charge is -1.93. The van der Waals surface area contributed by atoms with Gasteiger partial charge in [0.2, 0.25) is 0 Å². The number of fused-ring (bicyclic) bond motifs is 1. The van der Waals surface area contributed by atoms with Gasteiger partial charge in [-0.05, 0) is 19.1 Å². The van der Waals surface area contributed by atoms with Gasteiger partial charge in [-0.25, -0.2) is 4.98 Å². The van der Waals surface area contributed by atoms with Crippen LogP contribution in [0.5, 0.6) is 0 Å². The number of para-hydroxylation sites is 2. The van der Waals surface area contributed by atoms with Crippen molar-refractivity contribution < 1.29 is 0 Å². The van der Waals surface area contributed by atoms with Crippen LogP contribution in [0, 0.1) is 6.92 Å². The largest absolute Gasteiger partial charge is 0.331 e. The summed E-state index contributed by atoms with van der Waals surface area (Å²) >= 11 is 1.60. The second-order valence-corrected chi connectivity index (χ2v) is 4.14. The van der Waals surface area contributed by atoms with Crippen LogP contribution in [-0.4, -0.2) is 14.5 Å². The summed E-state index contributed by atoms with van der Waals surface area (Å²) in [6, 6.07) is 8.15. The highest BCUT2D eigenvalue weighted by Gasteiger charge is 2.00. The van der Waals surface area contributed by atoms with Gasteiger partial charge < -0.3 is 4.57 Å². The maximum Gasteiger partial charge on any atom is 0.106 e. The maximum absolute atomic E-state index is 4.38. The summed E-state index contributed by atoms with van der Waals surface area (Å²) < 4.78 is 2.09. The highest BCUT2D eigenvalue weighted by Crippen LogP contribution is 2.12. The lowest BCUT2D eigenvalue weighted by atomic mass is 10.3. The molecule has 2 heterocycles. The number of nitrogens with zero attached hydrogens (tertiary/aromatic N) is 3. The van der Waals surface area contributed by atoms with Crippen molar-refractivity contribution in [2.24, 2.45) is 7.05 Å². The molecule has 0 fully saturated rings. The quantitative estimate of drug-likeness (QED) is 0.595. The maximum atomic E-state index is 4.38. The molecule has 0 saturated heterocycles. The van der Waals surface area contributed by atoms with Gasteiger partial charge in [0.15, 0.2) is 0 Å². The SMILES string of the molecule is Cc1nc2ccccc2n1C.c1cscn1. The molecule has 3 aromatic rings. The highest BCUT2D eigenvalue weighted by molar-refractivity contribution is 7.07. The van der Waals surface area contributed by atoms with Gasteiger partial charge in [0, 0.05) is 18.6 Å². The molecule has 0 saturated carbocycles. The van der Waals surface area contributed by atoms with Gasteiger partial charge in [0.05, 0.1) is 16.5 Å². The Morgan fingerprint density at radius 2 is 2.06 bits per heavy atom. The van der Waals surface area contributed by atoms with E-state index in [0.717, 1.165) is 11.3 Å². The van der Waals surface area contributed by atoms with Crippen molar-refractivity contribution in [3.05, 3.63) is 47.2 Å². The van der Waals surface area contributed by atoms with Crippen molar-refractivity contribution >= 4 is 22.4 Å². The summed E-state index contributed by atoms with van der Waals surface area (Å²) in [5.74, 6) is 1.06. The summed E-state index contributed by atoms with van der Waals surface area (Å²) in [5.41, 5.74) is 4.07. The van der Waals surface area contributed by atoms with E-state index < -0.39 is 0 Å². The monoisotopic (exact) mass is 231 g/mol. The lowest BCUT2D eigenvalue weighted by Crippen LogP contribution is -1.89. The van der Waals surface area contributed by atoms with Crippen LogP contribution in [0.2, 0.25) is 0 Å². The molecule has 0 aliphatic heterocycles. The standard InChI is InChI=1S/C9H10N2.C3H3NS/c1-7-10-8-5-3-4-6-9(8)11(7)2;1-2-5-3-4-1/h3-6H,1-2H3;1-3H. The Bertz CT molecular complexity index is 537. The molecule has 16 heavy (non-hydrogen) atoms. The topological polar surface area (TPSA) is 30.7 Å². The van der Waals surface area contributed by atoms with E-state index in [4.69, 9.17) is 0 Å². The third-order valence-electron chi connectivity index (χ3n) is 2.36.